The van der Waals surface area contributed by atoms with E-state index < -0.39 is 12.1 Å². The molecule has 0 unspecified atom stereocenters. The van der Waals surface area contributed by atoms with Crippen LogP contribution in [-0.4, -0.2) is 23.6 Å². The highest BCUT2D eigenvalue weighted by molar-refractivity contribution is 5.83. The van der Waals surface area contributed by atoms with E-state index in [4.69, 9.17) is 4.74 Å². The number of alkyl halides is 3. The number of halogens is 3. The lowest BCUT2D eigenvalue weighted by molar-refractivity contribution is -0.172. The molecule has 2 aliphatic heterocycles. The zero-order valence-electron chi connectivity index (χ0n) is 9.07. The molecule has 1 amide bonds. The maximum atomic E-state index is 12.2. The number of nitrogens with zero attached hydrogens (tertiary/aromatic N) is 1. The Morgan fingerprint density at radius 1 is 1.33 bits per heavy atom. The van der Waals surface area contributed by atoms with Gasteiger partial charge in [-0.05, 0) is 12.2 Å². The summed E-state index contributed by atoms with van der Waals surface area (Å²) >= 11 is 0. The number of ether oxygens (including phenoxy) is 1. The number of hydrogen-bond acceptors (Lipinski definition) is 3. The van der Waals surface area contributed by atoms with Gasteiger partial charge in [-0.2, -0.15) is 13.2 Å². The van der Waals surface area contributed by atoms with E-state index >= 15 is 0 Å². The molecule has 1 N–H and O–H groups in total. The molecule has 2 heterocycles. The van der Waals surface area contributed by atoms with Crippen molar-refractivity contribution in [1.82, 2.24) is 10.2 Å². The topological polar surface area (TPSA) is 41.6 Å². The van der Waals surface area contributed by atoms with Crippen LogP contribution in [0.2, 0.25) is 0 Å². The van der Waals surface area contributed by atoms with Crippen molar-refractivity contribution in [3.8, 4) is 0 Å². The zero-order valence-corrected chi connectivity index (χ0v) is 9.07. The van der Waals surface area contributed by atoms with E-state index in [1.165, 1.54) is 6.26 Å². The summed E-state index contributed by atoms with van der Waals surface area (Å²) in [5.74, 6) is -2.02. The molecule has 4 nitrogen and oxygen atoms in total. The van der Waals surface area contributed by atoms with Crippen molar-refractivity contribution in [2.24, 2.45) is 0 Å². The van der Waals surface area contributed by atoms with E-state index in [2.05, 4.69) is 0 Å². The third-order valence-corrected chi connectivity index (χ3v) is 2.27. The van der Waals surface area contributed by atoms with E-state index in [0.29, 0.717) is 5.70 Å². The molecular formula is C11H9F3N2O2. The summed E-state index contributed by atoms with van der Waals surface area (Å²) in [5, 5.41) is 1.82. The van der Waals surface area contributed by atoms with Crippen molar-refractivity contribution in [1.29, 1.82) is 0 Å². The average molecular weight is 258 g/mol. The van der Waals surface area contributed by atoms with Crippen LogP contribution in [0.5, 0.6) is 0 Å². The van der Waals surface area contributed by atoms with Gasteiger partial charge in [0, 0.05) is 12.4 Å². The summed E-state index contributed by atoms with van der Waals surface area (Å²) < 4.78 is 41.6. The molecule has 96 valence electrons. The second-order valence-electron chi connectivity index (χ2n) is 3.52. The lowest BCUT2D eigenvalue weighted by Gasteiger charge is -2.21. The van der Waals surface area contributed by atoms with E-state index in [1.54, 1.807) is 35.5 Å². The van der Waals surface area contributed by atoms with Crippen molar-refractivity contribution >= 4 is 5.91 Å². The normalized spacial score (nSPS) is 18.3. The van der Waals surface area contributed by atoms with Crippen molar-refractivity contribution in [2.75, 3.05) is 6.61 Å². The van der Waals surface area contributed by atoms with Crippen molar-refractivity contribution in [3.05, 3.63) is 48.3 Å². The van der Waals surface area contributed by atoms with Crippen LogP contribution < -0.4 is 5.32 Å². The average Bonchev–Trinajstić information content (AvgIpc) is 2.51. The number of fused-ring (bicyclic) bond motifs is 1. The predicted molar refractivity (Wildman–Crippen MR) is 56.4 cm³/mol. The smallest absolute Gasteiger partial charge is 0.471 e. The van der Waals surface area contributed by atoms with Crippen LogP contribution in [0.3, 0.4) is 0 Å². The fourth-order valence-corrected chi connectivity index (χ4v) is 1.46. The lowest BCUT2D eigenvalue weighted by Crippen LogP contribution is -2.38. The minimum absolute atomic E-state index is 0.0583. The first-order valence-electron chi connectivity index (χ1n) is 5.01. The Balaban J connectivity index is 2.25. The summed E-state index contributed by atoms with van der Waals surface area (Å²) in [6, 6.07) is 0. The Morgan fingerprint density at radius 3 is 2.83 bits per heavy atom. The maximum Gasteiger partial charge on any atom is 0.471 e. The number of allylic oxidation sites excluding steroid dienone is 3. The van der Waals surface area contributed by atoms with Crippen LogP contribution in [0.1, 0.15) is 0 Å². The molecule has 0 aliphatic carbocycles. The minimum Gasteiger partial charge on any atom is -0.493 e. The van der Waals surface area contributed by atoms with Gasteiger partial charge in [0.25, 0.3) is 0 Å². The number of amides is 1. The number of hydrogen-bond donors (Lipinski definition) is 1. The lowest BCUT2D eigenvalue weighted by atomic mass is 10.2. The van der Waals surface area contributed by atoms with E-state index in [-0.39, 0.29) is 12.3 Å². The number of carbonyl (C=O) groups is 1. The molecule has 0 saturated heterocycles. The van der Waals surface area contributed by atoms with Crippen molar-refractivity contribution < 1.29 is 22.7 Å². The fraction of sp³-hybridized carbons (Fsp3) is 0.182. The standard InChI is InChI=1S/C11H9F3N2O2/c12-11(13,14)10(17)15-8-7-18-6-5-16-4-2-1-3-9(8)16/h1-6H,7H2,(H,15,17). The third kappa shape index (κ3) is 2.55. The molecular weight excluding hydrogens is 249 g/mol. The first-order chi connectivity index (χ1) is 8.48. The predicted octanol–water partition coefficient (Wildman–Crippen LogP) is 1.76. The zero-order chi connectivity index (χ0) is 13.2. The van der Waals surface area contributed by atoms with E-state index in [1.807, 2.05) is 5.32 Å². The molecule has 0 aromatic rings. The molecule has 0 atom stereocenters. The Morgan fingerprint density at radius 2 is 2.11 bits per heavy atom. The van der Waals surface area contributed by atoms with Gasteiger partial charge in [0.05, 0.1) is 11.4 Å². The highest BCUT2D eigenvalue weighted by atomic mass is 19.4. The van der Waals surface area contributed by atoms with Gasteiger partial charge in [-0.15, -0.1) is 0 Å². The van der Waals surface area contributed by atoms with Gasteiger partial charge in [-0.25, -0.2) is 0 Å². The second-order valence-corrected chi connectivity index (χ2v) is 3.52. The Hall–Kier alpha value is -2.18. The Bertz CT molecular complexity index is 475. The van der Waals surface area contributed by atoms with Gasteiger partial charge in [0.2, 0.25) is 0 Å². The van der Waals surface area contributed by atoms with Crippen LogP contribution in [0, 0.1) is 0 Å². The molecule has 0 fully saturated rings. The van der Waals surface area contributed by atoms with Gasteiger partial charge < -0.3 is 15.0 Å². The molecule has 18 heavy (non-hydrogen) atoms. The third-order valence-electron chi connectivity index (χ3n) is 2.27. The summed E-state index contributed by atoms with van der Waals surface area (Å²) in [4.78, 5) is 12.5. The SMILES string of the molecule is O=C(NC1=C2C=CC=CN2C=COC1)C(F)(F)F. The molecule has 0 aromatic heterocycles. The highest BCUT2D eigenvalue weighted by Crippen LogP contribution is 2.21. The first-order valence-corrected chi connectivity index (χ1v) is 5.01. The number of carbonyl (C=O) groups excluding carboxylic acids is 1. The molecule has 0 bridgehead atoms. The minimum atomic E-state index is -4.92. The molecule has 0 radical (unpaired) electrons. The number of nitrogens with one attached hydrogen (secondary N) is 1. The maximum absolute atomic E-state index is 12.2. The second kappa shape index (κ2) is 4.59. The Labute approximate surface area is 101 Å². The van der Waals surface area contributed by atoms with Gasteiger partial charge in [-0.3, -0.25) is 4.79 Å². The van der Waals surface area contributed by atoms with E-state index in [0.717, 1.165) is 0 Å². The van der Waals surface area contributed by atoms with Crippen molar-refractivity contribution in [3.63, 3.8) is 0 Å². The molecule has 0 aromatic carbocycles. The highest BCUT2D eigenvalue weighted by Gasteiger charge is 2.39. The summed E-state index contributed by atoms with van der Waals surface area (Å²) in [6.45, 7) is -0.137. The van der Waals surface area contributed by atoms with Crippen LogP contribution in [0.25, 0.3) is 0 Å². The van der Waals surface area contributed by atoms with Gasteiger partial charge in [-0.1, -0.05) is 6.08 Å². The monoisotopic (exact) mass is 258 g/mol. The van der Waals surface area contributed by atoms with Crippen molar-refractivity contribution in [2.45, 2.75) is 6.18 Å². The van der Waals surface area contributed by atoms with Crippen LogP contribution >= 0.6 is 0 Å². The van der Waals surface area contributed by atoms with Gasteiger partial charge in [0.15, 0.2) is 0 Å². The molecule has 7 heteroatoms. The van der Waals surface area contributed by atoms with Crippen LogP contribution in [-0.2, 0) is 9.53 Å². The summed E-state index contributed by atoms with van der Waals surface area (Å²) in [5.41, 5.74) is 0.492. The fourth-order valence-electron chi connectivity index (χ4n) is 1.46. The first kappa shape index (κ1) is 12.3. The molecule has 0 spiro atoms. The largest absolute Gasteiger partial charge is 0.493 e. The van der Waals surface area contributed by atoms with Gasteiger partial charge >= 0.3 is 12.1 Å². The summed E-state index contributed by atoms with van der Waals surface area (Å²) in [7, 11) is 0. The molecule has 2 aliphatic rings. The van der Waals surface area contributed by atoms with Crippen LogP contribution in [0.15, 0.2) is 48.3 Å². The Kier molecular flexibility index (Phi) is 3.14. The molecule has 0 saturated carbocycles. The van der Waals surface area contributed by atoms with E-state index in [9.17, 15) is 18.0 Å². The summed E-state index contributed by atoms with van der Waals surface area (Å²) in [6.07, 6.45) is 4.56. The number of rotatable bonds is 1. The molecule has 2 rings (SSSR count). The van der Waals surface area contributed by atoms with Crippen LogP contribution in [0.4, 0.5) is 13.2 Å². The quantitative estimate of drug-likeness (QED) is 0.779. The van der Waals surface area contributed by atoms with Gasteiger partial charge in [0.1, 0.15) is 12.9 Å².